The molecular weight excluding hydrogens is 476 g/mol. The highest BCUT2D eigenvalue weighted by Gasteiger charge is 2.36. The molecular formula is C27H24ClF2NO4. The first-order chi connectivity index (χ1) is 16.6. The van der Waals surface area contributed by atoms with Crippen LogP contribution in [0, 0.1) is 11.6 Å². The van der Waals surface area contributed by atoms with E-state index in [1.54, 1.807) is 36.4 Å². The van der Waals surface area contributed by atoms with E-state index in [0.29, 0.717) is 36.1 Å². The molecule has 1 N–H and O–H groups in total. The Morgan fingerprint density at radius 3 is 2.60 bits per heavy atom. The van der Waals surface area contributed by atoms with Crippen molar-refractivity contribution in [2.75, 3.05) is 13.1 Å². The van der Waals surface area contributed by atoms with Crippen molar-refractivity contribution in [3.8, 4) is 5.75 Å². The number of carboxylic acid groups (broad SMARTS) is 1. The van der Waals surface area contributed by atoms with Crippen molar-refractivity contribution in [1.82, 2.24) is 4.90 Å². The summed E-state index contributed by atoms with van der Waals surface area (Å²) in [7, 11) is 0. The number of nitrogens with zero attached hydrogens (tertiary/aromatic N) is 1. The standard InChI is InChI=1S/C27H24ClF2NO4/c1-27(14-18-5-7-22(28)23(30)12-18)15-20-13-19(6-8-24(20)35-27)26(34)31(16-25(32)33)10-9-17-3-2-4-21(29)11-17/h2-8,11-13H,9-10,14-16H2,1H3,(H,32,33). The summed E-state index contributed by atoms with van der Waals surface area (Å²) in [6.45, 7) is 1.57. The number of aliphatic carboxylic acids is 1. The Balaban J connectivity index is 1.49. The van der Waals surface area contributed by atoms with Gasteiger partial charge in [-0.2, -0.15) is 0 Å². The number of benzene rings is 3. The van der Waals surface area contributed by atoms with E-state index < -0.39 is 29.8 Å². The molecule has 0 aromatic heterocycles. The number of hydrogen-bond donors (Lipinski definition) is 1. The molecule has 3 aromatic carbocycles. The van der Waals surface area contributed by atoms with Crippen LogP contribution in [0.4, 0.5) is 8.78 Å². The van der Waals surface area contributed by atoms with Gasteiger partial charge >= 0.3 is 5.97 Å². The number of ether oxygens (including phenoxy) is 1. The van der Waals surface area contributed by atoms with E-state index in [1.165, 1.54) is 29.2 Å². The Morgan fingerprint density at radius 1 is 1.09 bits per heavy atom. The minimum atomic E-state index is -1.13. The van der Waals surface area contributed by atoms with E-state index in [9.17, 15) is 23.5 Å². The van der Waals surface area contributed by atoms with Gasteiger partial charge in [0.2, 0.25) is 0 Å². The minimum absolute atomic E-state index is 0.0565. The Morgan fingerprint density at radius 2 is 1.89 bits per heavy atom. The fraction of sp³-hybridized carbons (Fsp3) is 0.259. The first-order valence-electron chi connectivity index (χ1n) is 11.1. The van der Waals surface area contributed by atoms with Crippen LogP contribution in [0.5, 0.6) is 5.75 Å². The third-order valence-corrected chi connectivity index (χ3v) is 6.27. The second-order valence-electron chi connectivity index (χ2n) is 8.98. The number of hydrogen-bond acceptors (Lipinski definition) is 3. The minimum Gasteiger partial charge on any atom is -0.487 e. The topological polar surface area (TPSA) is 66.8 Å². The molecule has 0 saturated carbocycles. The zero-order valence-electron chi connectivity index (χ0n) is 19.1. The highest BCUT2D eigenvalue weighted by Crippen LogP contribution is 2.38. The molecule has 0 fully saturated rings. The summed E-state index contributed by atoms with van der Waals surface area (Å²) in [4.78, 5) is 25.8. The molecule has 182 valence electrons. The Labute approximate surface area is 206 Å². The van der Waals surface area contributed by atoms with Gasteiger partial charge in [-0.1, -0.05) is 29.8 Å². The quantitative estimate of drug-likeness (QED) is 0.455. The van der Waals surface area contributed by atoms with Crippen molar-refractivity contribution >= 4 is 23.5 Å². The van der Waals surface area contributed by atoms with Gasteiger partial charge in [0.05, 0.1) is 5.02 Å². The maximum Gasteiger partial charge on any atom is 0.323 e. The van der Waals surface area contributed by atoms with Gasteiger partial charge in [-0.25, -0.2) is 8.78 Å². The molecule has 1 atom stereocenters. The number of halogens is 3. The predicted molar refractivity (Wildman–Crippen MR) is 128 cm³/mol. The molecule has 0 radical (unpaired) electrons. The zero-order valence-corrected chi connectivity index (χ0v) is 19.8. The lowest BCUT2D eigenvalue weighted by atomic mass is 9.91. The van der Waals surface area contributed by atoms with E-state index >= 15 is 0 Å². The van der Waals surface area contributed by atoms with Crippen LogP contribution in [0.3, 0.4) is 0 Å². The molecule has 1 unspecified atom stereocenters. The SMILES string of the molecule is CC1(Cc2ccc(Cl)c(F)c2)Cc2cc(C(=O)N(CCc3cccc(F)c3)CC(=O)O)ccc2O1. The number of rotatable bonds is 8. The van der Waals surface area contributed by atoms with Gasteiger partial charge < -0.3 is 14.7 Å². The maximum atomic E-state index is 13.9. The van der Waals surface area contributed by atoms with Crippen LogP contribution in [0.1, 0.15) is 34.0 Å². The fourth-order valence-electron chi connectivity index (χ4n) is 4.39. The van der Waals surface area contributed by atoms with Crippen molar-refractivity contribution in [2.24, 2.45) is 0 Å². The van der Waals surface area contributed by atoms with Gasteiger partial charge in [0, 0.05) is 24.9 Å². The Hall–Kier alpha value is -3.45. The summed E-state index contributed by atoms with van der Waals surface area (Å²) in [5.41, 5.74) is 1.93. The molecule has 1 amide bonds. The average Bonchev–Trinajstić information content (AvgIpc) is 3.13. The predicted octanol–water partition coefficient (Wildman–Crippen LogP) is 5.32. The number of fused-ring (bicyclic) bond motifs is 1. The molecule has 0 bridgehead atoms. The average molecular weight is 500 g/mol. The normalized spacial score (nSPS) is 16.5. The van der Waals surface area contributed by atoms with E-state index in [0.717, 1.165) is 11.1 Å². The van der Waals surface area contributed by atoms with Crippen LogP contribution in [0.25, 0.3) is 0 Å². The molecule has 35 heavy (non-hydrogen) atoms. The smallest absolute Gasteiger partial charge is 0.323 e. The highest BCUT2D eigenvalue weighted by molar-refractivity contribution is 6.30. The van der Waals surface area contributed by atoms with Gasteiger partial charge in [0.15, 0.2) is 0 Å². The van der Waals surface area contributed by atoms with Crippen LogP contribution in [0.15, 0.2) is 60.7 Å². The summed E-state index contributed by atoms with van der Waals surface area (Å²) < 4.78 is 33.5. The van der Waals surface area contributed by atoms with Crippen molar-refractivity contribution in [1.29, 1.82) is 0 Å². The summed E-state index contributed by atoms with van der Waals surface area (Å²) in [6.07, 6.45) is 1.26. The third kappa shape index (κ3) is 5.98. The number of carbonyl (C=O) groups is 2. The van der Waals surface area contributed by atoms with Gasteiger partial charge in [0.25, 0.3) is 5.91 Å². The number of carboxylic acids is 1. The molecule has 0 spiro atoms. The van der Waals surface area contributed by atoms with Crippen LogP contribution < -0.4 is 4.74 Å². The van der Waals surface area contributed by atoms with E-state index in [2.05, 4.69) is 0 Å². The van der Waals surface area contributed by atoms with Crippen molar-refractivity contribution in [3.63, 3.8) is 0 Å². The summed E-state index contributed by atoms with van der Waals surface area (Å²) in [6, 6.07) is 15.6. The van der Waals surface area contributed by atoms with Crippen LogP contribution in [0.2, 0.25) is 5.02 Å². The van der Waals surface area contributed by atoms with E-state index in [4.69, 9.17) is 16.3 Å². The molecule has 4 rings (SSSR count). The molecule has 1 aliphatic rings. The van der Waals surface area contributed by atoms with E-state index in [-0.39, 0.29) is 17.4 Å². The molecule has 0 aliphatic carbocycles. The lowest BCUT2D eigenvalue weighted by Gasteiger charge is -2.24. The van der Waals surface area contributed by atoms with Gasteiger partial charge in [-0.15, -0.1) is 0 Å². The Bertz CT molecular complexity index is 1280. The third-order valence-electron chi connectivity index (χ3n) is 5.96. The van der Waals surface area contributed by atoms with Crippen LogP contribution >= 0.6 is 11.6 Å². The molecule has 1 heterocycles. The fourth-order valence-corrected chi connectivity index (χ4v) is 4.51. The number of amides is 1. The second kappa shape index (κ2) is 10.0. The van der Waals surface area contributed by atoms with Crippen LogP contribution in [-0.2, 0) is 24.1 Å². The largest absolute Gasteiger partial charge is 0.487 e. The molecule has 5 nitrogen and oxygen atoms in total. The molecule has 0 saturated heterocycles. The first-order valence-corrected chi connectivity index (χ1v) is 11.5. The molecule has 3 aromatic rings. The maximum absolute atomic E-state index is 13.9. The monoisotopic (exact) mass is 499 g/mol. The van der Waals surface area contributed by atoms with Gasteiger partial charge in [0.1, 0.15) is 29.5 Å². The first kappa shape index (κ1) is 24.7. The van der Waals surface area contributed by atoms with Crippen molar-refractivity contribution in [3.05, 3.63) is 99.6 Å². The van der Waals surface area contributed by atoms with Gasteiger partial charge in [-0.3, -0.25) is 9.59 Å². The van der Waals surface area contributed by atoms with Crippen molar-refractivity contribution < 1.29 is 28.2 Å². The van der Waals surface area contributed by atoms with Crippen molar-refractivity contribution in [2.45, 2.75) is 31.8 Å². The lowest BCUT2D eigenvalue weighted by molar-refractivity contribution is -0.137. The van der Waals surface area contributed by atoms with Crippen LogP contribution in [-0.4, -0.2) is 40.6 Å². The highest BCUT2D eigenvalue weighted by atomic mass is 35.5. The lowest BCUT2D eigenvalue weighted by Crippen LogP contribution is -2.37. The summed E-state index contributed by atoms with van der Waals surface area (Å²) >= 11 is 5.78. The summed E-state index contributed by atoms with van der Waals surface area (Å²) in [5, 5.41) is 9.37. The van der Waals surface area contributed by atoms with E-state index in [1.807, 2.05) is 6.92 Å². The van der Waals surface area contributed by atoms with Gasteiger partial charge in [-0.05, 0) is 72.5 Å². The molecule has 8 heteroatoms. The second-order valence-corrected chi connectivity index (χ2v) is 9.38. The molecule has 1 aliphatic heterocycles. The number of carbonyl (C=O) groups excluding carboxylic acids is 1. The zero-order chi connectivity index (χ0) is 25.2. The Kier molecular flexibility index (Phi) is 7.08. The summed E-state index contributed by atoms with van der Waals surface area (Å²) in [5.74, 6) is -1.82.